The van der Waals surface area contributed by atoms with E-state index in [0.29, 0.717) is 0 Å². The van der Waals surface area contributed by atoms with E-state index >= 15 is 0 Å². The lowest BCUT2D eigenvalue weighted by molar-refractivity contribution is -0.143. The number of urea groups is 1. The van der Waals surface area contributed by atoms with Crippen molar-refractivity contribution < 1.29 is 27.9 Å². The van der Waals surface area contributed by atoms with E-state index in [-0.39, 0.29) is 36.2 Å². The van der Waals surface area contributed by atoms with E-state index in [1.165, 1.54) is 11.8 Å². The monoisotopic (exact) mass is 520 g/mol. The number of carboxylic acids is 1. The van der Waals surface area contributed by atoms with Crippen LogP contribution in [-0.4, -0.2) is 56.6 Å². The van der Waals surface area contributed by atoms with Gasteiger partial charge in [-0.2, -0.15) is 13.2 Å². The van der Waals surface area contributed by atoms with Crippen LogP contribution in [0.3, 0.4) is 0 Å². The van der Waals surface area contributed by atoms with Crippen molar-refractivity contribution in [1.82, 2.24) is 14.8 Å². The maximum Gasteiger partial charge on any atom is 0.416 e. The number of alkyl halides is 3. The van der Waals surface area contributed by atoms with Crippen LogP contribution in [0.25, 0.3) is 0 Å². The quantitative estimate of drug-likeness (QED) is 0.480. The molecule has 1 aromatic carbocycles. The number of carboxylic acid groups (broad SMARTS) is 1. The molecule has 1 saturated heterocycles. The SMILES string of the molecule is Cc1cc(C(F)(F)F)cc(NCC2C(C)C(C(=O)O)N(C(=O)N(C(C)C)C(C)C)C2c2ccccc2)n1. The van der Waals surface area contributed by atoms with Crippen molar-refractivity contribution >= 4 is 17.8 Å². The number of likely N-dealkylation sites (tertiary alicyclic amines) is 1. The number of aliphatic carboxylic acids is 1. The molecule has 0 radical (unpaired) electrons. The Balaban J connectivity index is 2.05. The zero-order valence-corrected chi connectivity index (χ0v) is 22.0. The number of nitrogens with zero attached hydrogens (tertiary/aromatic N) is 3. The number of benzene rings is 1. The summed E-state index contributed by atoms with van der Waals surface area (Å²) in [6.45, 7) is 10.9. The number of carbonyl (C=O) groups is 2. The predicted octanol–water partition coefficient (Wildman–Crippen LogP) is 5.82. The number of hydrogen-bond donors (Lipinski definition) is 2. The van der Waals surface area contributed by atoms with Gasteiger partial charge >= 0.3 is 18.2 Å². The molecule has 1 aliphatic rings. The van der Waals surface area contributed by atoms with Crippen LogP contribution in [0.2, 0.25) is 0 Å². The van der Waals surface area contributed by atoms with Crippen LogP contribution in [0.4, 0.5) is 23.8 Å². The Labute approximate surface area is 215 Å². The first-order chi connectivity index (χ1) is 17.2. The van der Waals surface area contributed by atoms with E-state index in [9.17, 15) is 27.9 Å². The van der Waals surface area contributed by atoms with Crippen molar-refractivity contribution in [3.8, 4) is 0 Å². The second-order valence-corrected chi connectivity index (χ2v) is 10.2. The van der Waals surface area contributed by atoms with E-state index in [1.54, 1.807) is 11.8 Å². The fraction of sp³-hybridized carbons (Fsp3) is 0.519. The third kappa shape index (κ3) is 5.99. The third-order valence-corrected chi connectivity index (χ3v) is 6.93. The Morgan fingerprint density at radius 1 is 1.11 bits per heavy atom. The lowest BCUT2D eigenvalue weighted by atomic mass is 9.85. The molecule has 2 heterocycles. The summed E-state index contributed by atoms with van der Waals surface area (Å²) >= 11 is 0. The van der Waals surface area contributed by atoms with Gasteiger partial charge in [-0.3, -0.25) is 0 Å². The first-order valence-corrected chi connectivity index (χ1v) is 12.4. The lowest BCUT2D eigenvalue weighted by Crippen LogP contribution is -2.54. The maximum absolute atomic E-state index is 13.9. The highest BCUT2D eigenvalue weighted by Crippen LogP contribution is 2.46. The molecule has 37 heavy (non-hydrogen) atoms. The molecule has 0 bridgehead atoms. The molecular weight excluding hydrogens is 485 g/mol. The van der Waals surface area contributed by atoms with Gasteiger partial charge in [0.1, 0.15) is 11.9 Å². The normalized spacial score (nSPS) is 22.0. The first kappa shape index (κ1) is 28.3. The average Bonchev–Trinajstić information content (AvgIpc) is 3.09. The van der Waals surface area contributed by atoms with Gasteiger partial charge < -0.3 is 20.2 Å². The van der Waals surface area contributed by atoms with Crippen molar-refractivity contribution in [3.63, 3.8) is 0 Å². The number of aromatic nitrogens is 1. The largest absolute Gasteiger partial charge is 0.480 e. The van der Waals surface area contributed by atoms with Crippen LogP contribution in [-0.2, 0) is 11.0 Å². The minimum atomic E-state index is -4.52. The van der Waals surface area contributed by atoms with Crippen molar-refractivity contribution in [1.29, 1.82) is 0 Å². The van der Waals surface area contributed by atoms with Crippen molar-refractivity contribution in [2.45, 2.75) is 71.9 Å². The summed E-state index contributed by atoms with van der Waals surface area (Å²) < 4.78 is 40.1. The number of nitrogens with one attached hydrogen (secondary N) is 1. The number of aryl methyl sites for hydroxylation is 1. The van der Waals surface area contributed by atoms with E-state index in [4.69, 9.17) is 0 Å². The van der Waals surface area contributed by atoms with E-state index in [2.05, 4.69) is 10.3 Å². The first-order valence-electron chi connectivity index (χ1n) is 12.4. The molecule has 3 rings (SSSR count). The van der Waals surface area contributed by atoms with Crippen molar-refractivity contribution in [3.05, 3.63) is 59.3 Å². The van der Waals surface area contributed by atoms with Gasteiger partial charge in [0.25, 0.3) is 0 Å². The van der Waals surface area contributed by atoms with Gasteiger partial charge in [0.05, 0.1) is 11.6 Å². The zero-order chi connectivity index (χ0) is 27.7. The zero-order valence-electron chi connectivity index (χ0n) is 22.0. The van der Waals surface area contributed by atoms with Gasteiger partial charge in [0, 0.05) is 30.2 Å². The lowest BCUT2D eigenvalue weighted by Gasteiger charge is -2.39. The molecule has 2 N–H and O–H groups in total. The fourth-order valence-electron chi connectivity index (χ4n) is 5.41. The number of hydrogen-bond acceptors (Lipinski definition) is 4. The summed E-state index contributed by atoms with van der Waals surface area (Å²) in [6, 6.07) is 8.66. The maximum atomic E-state index is 13.9. The predicted molar refractivity (Wildman–Crippen MR) is 135 cm³/mol. The number of anilines is 1. The molecule has 0 spiro atoms. The molecule has 10 heteroatoms. The Bertz CT molecular complexity index is 1100. The van der Waals surface area contributed by atoms with Gasteiger partial charge in [-0.1, -0.05) is 37.3 Å². The minimum absolute atomic E-state index is 0.0500. The molecule has 4 atom stereocenters. The Hall–Kier alpha value is -3.30. The van der Waals surface area contributed by atoms with Crippen LogP contribution in [0.1, 0.15) is 57.5 Å². The summed E-state index contributed by atoms with van der Waals surface area (Å²) in [5.74, 6) is -1.98. The molecule has 2 amide bonds. The summed E-state index contributed by atoms with van der Waals surface area (Å²) in [5.41, 5.74) is 0.159. The van der Waals surface area contributed by atoms with Crippen LogP contribution in [0, 0.1) is 18.8 Å². The highest BCUT2D eigenvalue weighted by molar-refractivity contribution is 5.84. The summed E-state index contributed by atoms with van der Waals surface area (Å²) in [4.78, 5) is 33.7. The van der Waals surface area contributed by atoms with Gasteiger partial charge in [-0.25, -0.2) is 14.6 Å². The minimum Gasteiger partial charge on any atom is -0.480 e. The van der Waals surface area contributed by atoms with Crippen LogP contribution >= 0.6 is 0 Å². The number of pyridine rings is 1. The van der Waals surface area contributed by atoms with Crippen LogP contribution in [0.15, 0.2) is 42.5 Å². The average molecular weight is 521 g/mol. The highest BCUT2D eigenvalue weighted by atomic mass is 19.4. The van der Waals surface area contributed by atoms with Crippen LogP contribution in [0.5, 0.6) is 0 Å². The number of carbonyl (C=O) groups excluding carboxylic acids is 1. The second-order valence-electron chi connectivity index (χ2n) is 10.2. The topological polar surface area (TPSA) is 85.8 Å². The van der Waals surface area contributed by atoms with Gasteiger partial charge in [-0.05, 0) is 58.2 Å². The molecule has 1 fully saturated rings. The summed E-state index contributed by atoms with van der Waals surface area (Å²) in [6.07, 6.45) is -4.52. The molecule has 202 valence electrons. The number of rotatable bonds is 7. The summed E-state index contributed by atoms with van der Waals surface area (Å²) in [5, 5.41) is 13.2. The van der Waals surface area contributed by atoms with Crippen molar-refractivity contribution in [2.75, 3.05) is 11.9 Å². The Kier molecular flexibility index (Phi) is 8.39. The molecule has 4 unspecified atom stereocenters. The summed E-state index contributed by atoms with van der Waals surface area (Å²) in [7, 11) is 0. The van der Waals surface area contributed by atoms with Gasteiger partial charge in [0.2, 0.25) is 0 Å². The van der Waals surface area contributed by atoms with Gasteiger partial charge in [0.15, 0.2) is 0 Å². The molecule has 2 aromatic rings. The molecule has 1 aliphatic heterocycles. The number of amides is 2. The van der Waals surface area contributed by atoms with E-state index in [1.807, 2.05) is 58.0 Å². The fourth-order valence-corrected chi connectivity index (χ4v) is 5.41. The standard InChI is InChI=1S/C27H35F3N4O3/c1-15(2)33(16(3)4)26(37)34-23(25(35)36)18(6)21(24(34)19-10-8-7-9-11-19)14-31-22-13-20(27(28,29)30)12-17(5)32-22/h7-13,15-16,18,21,23-24H,14H2,1-6H3,(H,31,32)(H,35,36). The Morgan fingerprint density at radius 2 is 1.70 bits per heavy atom. The van der Waals surface area contributed by atoms with Crippen LogP contribution < -0.4 is 5.32 Å². The second kappa shape index (κ2) is 11.0. The molecule has 0 aliphatic carbocycles. The van der Waals surface area contributed by atoms with Crippen molar-refractivity contribution in [2.24, 2.45) is 11.8 Å². The molecule has 7 nitrogen and oxygen atoms in total. The molecular formula is C27H35F3N4O3. The molecule has 1 aromatic heterocycles. The Morgan fingerprint density at radius 3 is 2.22 bits per heavy atom. The third-order valence-electron chi connectivity index (χ3n) is 6.93. The number of halogens is 3. The van der Waals surface area contributed by atoms with Gasteiger partial charge in [-0.15, -0.1) is 0 Å². The van der Waals surface area contributed by atoms with E-state index < -0.39 is 41.6 Å². The molecule has 0 saturated carbocycles. The highest BCUT2D eigenvalue weighted by Gasteiger charge is 2.53. The smallest absolute Gasteiger partial charge is 0.416 e. The van der Waals surface area contributed by atoms with E-state index in [0.717, 1.165) is 17.7 Å².